The molecule has 1 unspecified atom stereocenters. The van der Waals surface area contributed by atoms with Gasteiger partial charge >= 0.3 is 0 Å². The first kappa shape index (κ1) is 23.5. The van der Waals surface area contributed by atoms with Crippen LogP contribution in [0.1, 0.15) is 39.9 Å². The largest absolute Gasteiger partial charge is 0.381 e. The Balaban J connectivity index is 1.29. The number of nitrogens with one attached hydrogen (secondary N) is 2. The van der Waals surface area contributed by atoms with E-state index in [0.29, 0.717) is 29.9 Å². The molecule has 1 atom stereocenters. The minimum absolute atomic E-state index is 0.00562. The quantitative estimate of drug-likeness (QED) is 0.588. The molecule has 2 fully saturated rings. The molecule has 5 rings (SSSR count). The molecule has 2 aromatic carbocycles. The number of rotatable bonds is 6. The highest BCUT2D eigenvalue weighted by molar-refractivity contribution is 6.03. The third-order valence-electron chi connectivity index (χ3n) is 6.90. The Morgan fingerprint density at radius 1 is 1.14 bits per heavy atom. The van der Waals surface area contributed by atoms with Crippen molar-refractivity contribution >= 4 is 17.5 Å². The molecule has 3 N–H and O–H groups in total. The maximum absolute atomic E-state index is 14.4. The second-order valence-electron chi connectivity index (χ2n) is 9.30. The summed E-state index contributed by atoms with van der Waals surface area (Å²) in [5.74, 6) is -1.82. The van der Waals surface area contributed by atoms with Crippen molar-refractivity contribution in [2.24, 2.45) is 0 Å². The van der Waals surface area contributed by atoms with Crippen LogP contribution in [0.5, 0.6) is 0 Å². The van der Waals surface area contributed by atoms with Crippen molar-refractivity contribution in [2.45, 2.75) is 38.2 Å². The lowest BCUT2D eigenvalue weighted by molar-refractivity contribution is -0.161. The lowest BCUT2D eigenvalue weighted by Gasteiger charge is -2.38. The van der Waals surface area contributed by atoms with Gasteiger partial charge < -0.3 is 20.5 Å². The summed E-state index contributed by atoms with van der Waals surface area (Å²) in [4.78, 5) is 29.0. The Kier molecular flexibility index (Phi) is 6.31. The average Bonchev–Trinajstić information content (AvgIpc) is 3.19. The molecular formula is C26H29FN4O4. The third-order valence-corrected chi connectivity index (χ3v) is 6.90. The van der Waals surface area contributed by atoms with Gasteiger partial charge in [-0.15, -0.1) is 0 Å². The van der Waals surface area contributed by atoms with Crippen molar-refractivity contribution < 1.29 is 23.8 Å². The number of benzene rings is 2. The van der Waals surface area contributed by atoms with Crippen molar-refractivity contribution in [3.05, 3.63) is 76.7 Å². The number of carbonyl (C=O) groups excluding carboxylic acids is 2. The smallest absolute Gasteiger partial charge is 0.277 e. The fraction of sp³-hybridized carbons (Fsp3) is 0.385. The summed E-state index contributed by atoms with van der Waals surface area (Å²) in [6.45, 7) is 8.40. The standard InChI is InChI=1S/C26H29FN4O4/c1-17-6-7-26(34,25(33)29-17)31-16-22-21(24(31)32)12-20(27)13-23(22)28-14-18-2-4-19(5-3-18)15-30-8-10-35-11-9-30/h2-5,12-13,28,34H,1,6-11,14-16H2,(H,29,33). The number of hydrogen-bond acceptors (Lipinski definition) is 6. The normalized spacial score (nSPS) is 22.8. The van der Waals surface area contributed by atoms with Gasteiger partial charge in [-0.25, -0.2) is 4.39 Å². The van der Waals surface area contributed by atoms with E-state index < -0.39 is 23.4 Å². The highest BCUT2D eigenvalue weighted by Gasteiger charge is 2.50. The van der Waals surface area contributed by atoms with Crippen LogP contribution in [0.2, 0.25) is 0 Å². The summed E-state index contributed by atoms with van der Waals surface area (Å²) in [7, 11) is 0. The molecule has 3 aliphatic heterocycles. The van der Waals surface area contributed by atoms with Gasteiger partial charge in [0.25, 0.3) is 11.8 Å². The molecule has 3 heterocycles. The number of fused-ring (bicyclic) bond motifs is 1. The van der Waals surface area contributed by atoms with Gasteiger partial charge in [0.15, 0.2) is 0 Å². The number of morpholine rings is 1. The minimum Gasteiger partial charge on any atom is -0.381 e. The van der Waals surface area contributed by atoms with E-state index in [2.05, 4.69) is 34.2 Å². The van der Waals surface area contributed by atoms with Crippen molar-refractivity contribution in [1.82, 2.24) is 15.1 Å². The van der Waals surface area contributed by atoms with E-state index in [1.54, 1.807) is 0 Å². The maximum Gasteiger partial charge on any atom is 0.277 e. The molecule has 9 heteroatoms. The number of hydrogen-bond donors (Lipinski definition) is 3. The number of aliphatic hydroxyl groups is 1. The van der Waals surface area contributed by atoms with Crippen LogP contribution in [0.15, 0.2) is 48.7 Å². The van der Waals surface area contributed by atoms with Crippen molar-refractivity contribution in [2.75, 3.05) is 31.6 Å². The number of ether oxygens (including phenoxy) is 1. The zero-order chi connectivity index (χ0) is 24.6. The number of nitrogens with zero attached hydrogens (tertiary/aromatic N) is 2. The van der Waals surface area contributed by atoms with E-state index in [1.165, 1.54) is 11.6 Å². The molecule has 184 valence electrons. The van der Waals surface area contributed by atoms with Gasteiger partial charge in [0.2, 0.25) is 5.72 Å². The first-order chi connectivity index (χ1) is 16.8. The van der Waals surface area contributed by atoms with Crippen LogP contribution in [0.4, 0.5) is 10.1 Å². The molecule has 8 nitrogen and oxygen atoms in total. The van der Waals surface area contributed by atoms with E-state index in [9.17, 15) is 19.1 Å². The van der Waals surface area contributed by atoms with Gasteiger partial charge in [-0.1, -0.05) is 30.8 Å². The molecule has 3 aliphatic rings. The van der Waals surface area contributed by atoms with Gasteiger partial charge in [-0.05, 0) is 29.7 Å². The van der Waals surface area contributed by atoms with Crippen LogP contribution in [0.25, 0.3) is 0 Å². The van der Waals surface area contributed by atoms with Crippen LogP contribution < -0.4 is 10.6 Å². The molecular weight excluding hydrogens is 451 g/mol. The van der Waals surface area contributed by atoms with Gasteiger partial charge in [0, 0.05) is 55.1 Å². The monoisotopic (exact) mass is 480 g/mol. The first-order valence-electron chi connectivity index (χ1n) is 11.8. The summed E-state index contributed by atoms with van der Waals surface area (Å²) in [6, 6.07) is 10.7. The molecule has 0 bridgehead atoms. The fourth-order valence-electron chi connectivity index (χ4n) is 4.83. The van der Waals surface area contributed by atoms with E-state index in [0.717, 1.165) is 49.4 Å². The van der Waals surface area contributed by atoms with E-state index >= 15 is 0 Å². The summed E-state index contributed by atoms with van der Waals surface area (Å²) in [5, 5.41) is 16.8. The second kappa shape index (κ2) is 9.41. The Hall–Kier alpha value is -3.27. The molecule has 2 amide bonds. The predicted molar refractivity (Wildman–Crippen MR) is 128 cm³/mol. The highest BCUT2D eigenvalue weighted by atomic mass is 19.1. The third kappa shape index (κ3) is 4.67. The number of amides is 2. The first-order valence-corrected chi connectivity index (χ1v) is 11.8. The lowest BCUT2D eigenvalue weighted by atomic mass is 9.98. The maximum atomic E-state index is 14.4. The molecule has 0 saturated carbocycles. The van der Waals surface area contributed by atoms with Crippen LogP contribution in [0, 0.1) is 5.82 Å². The van der Waals surface area contributed by atoms with Crippen LogP contribution in [-0.4, -0.2) is 58.7 Å². The summed E-state index contributed by atoms with van der Waals surface area (Å²) in [6.07, 6.45) is 0.392. The number of anilines is 1. The van der Waals surface area contributed by atoms with Crippen molar-refractivity contribution in [3.63, 3.8) is 0 Å². The topological polar surface area (TPSA) is 94.1 Å². The van der Waals surface area contributed by atoms with Gasteiger partial charge in [-0.3, -0.25) is 19.4 Å². The minimum atomic E-state index is -2.00. The zero-order valence-electron chi connectivity index (χ0n) is 19.5. The number of allylic oxidation sites excluding steroid dienone is 1. The Morgan fingerprint density at radius 3 is 2.57 bits per heavy atom. The van der Waals surface area contributed by atoms with E-state index in [-0.39, 0.29) is 18.5 Å². The zero-order valence-corrected chi connectivity index (χ0v) is 19.5. The Morgan fingerprint density at radius 2 is 1.86 bits per heavy atom. The predicted octanol–water partition coefficient (Wildman–Crippen LogP) is 2.34. The molecule has 2 aromatic rings. The molecule has 0 aromatic heterocycles. The van der Waals surface area contributed by atoms with Crippen LogP contribution in [0.3, 0.4) is 0 Å². The molecule has 0 radical (unpaired) electrons. The fourth-order valence-corrected chi connectivity index (χ4v) is 4.83. The van der Waals surface area contributed by atoms with Crippen molar-refractivity contribution in [3.8, 4) is 0 Å². The van der Waals surface area contributed by atoms with Gasteiger partial charge in [0.05, 0.1) is 19.8 Å². The Labute approximate surface area is 203 Å². The van der Waals surface area contributed by atoms with Crippen molar-refractivity contribution in [1.29, 1.82) is 0 Å². The summed E-state index contributed by atoms with van der Waals surface area (Å²) >= 11 is 0. The molecule has 2 saturated heterocycles. The van der Waals surface area contributed by atoms with E-state index in [4.69, 9.17) is 4.74 Å². The van der Waals surface area contributed by atoms with Crippen LogP contribution in [-0.2, 0) is 29.2 Å². The Bertz CT molecular complexity index is 1160. The van der Waals surface area contributed by atoms with Gasteiger partial charge in [0.1, 0.15) is 5.82 Å². The van der Waals surface area contributed by atoms with Gasteiger partial charge in [-0.2, -0.15) is 0 Å². The number of piperidine rings is 1. The molecule has 0 spiro atoms. The lowest BCUT2D eigenvalue weighted by Crippen LogP contribution is -2.61. The summed E-state index contributed by atoms with van der Waals surface area (Å²) < 4.78 is 19.8. The molecule has 35 heavy (non-hydrogen) atoms. The number of carbonyl (C=O) groups is 2. The summed E-state index contributed by atoms with van der Waals surface area (Å²) in [5.41, 5.74) is 1.90. The van der Waals surface area contributed by atoms with E-state index in [1.807, 2.05) is 12.1 Å². The average molecular weight is 481 g/mol. The SMILES string of the molecule is C=C1CCC(O)(N2Cc3c(NCc4ccc(CN5CCOCC5)cc4)cc(F)cc3C2=O)C(=O)N1. The number of halogens is 1. The van der Waals surface area contributed by atoms with Crippen LogP contribution >= 0.6 is 0 Å². The highest BCUT2D eigenvalue weighted by Crippen LogP contribution is 2.37. The second-order valence-corrected chi connectivity index (χ2v) is 9.30. The molecule has 0 aliphatic carbocycles.